The van der Waals surface area contributed by atoms with E-state index in [0.29, 0.717) is 11.0 Å². The zero-order chi connectivity index (χ0) is 30.6. The number of nitrogens with zero attached hydrogens (tertiary/aromatic N) is 6. The summed E-state index contributed by atoms with van der Waals surface area (Å²) in [5.41, 5.74) is 17.1. The molecule has 4 aromatic rings. The molecule has 0 aromatic carbocycles. The SMILES string of the molecule is NC[C@H]1[C@@H](OP(=O)(O)OC[C@H]2O[C@@H](n3ccc4c(N)ncnc43)[C@H](O)[C@@H]2O)[C@H](n2cnc3c(=O)[nH]c(N)nc32)O[C@@H]1CO. The fraction of sp³-hybridized carbons (Fsp3) is 0.500. The second kappa shape index (κ2) is 11.2. The van der Waals surface area contributed by atoms with Gasteiger partial charge in [0.2, 0.25) is 5.95 Å². The van der Waals surface area contributed by atoms with Crippen LogP contribution in [0, 0.1) is 5.92 Å². The summed E-state index contributed by atoms with van der Waals surface area (Å²) in [6, 6.07) is 1.61. The minimum absolute atomic E-state index is 0.00466. The van der Waals surface area contributed by atoms with E-state index in [4.69, 9.17) is 35.7 Å². The van der Waals surface area contributed by atoms with Gasteiger partial charge in [-0.1, -0.05) is 0 Å². The van der Waals surface area contributed by atoms with Crippen LogP contribution in [0.5, 0.6) is 0 Å². The van der Waals surface area contributed by atoms with E-state index < -0.39 is 75.5 Å². The molecule has 6 rings (SSSR count). The number of aliphatic hydroxyl groups excluding tert-OH is 3. The van der Waals surface area contributed by atoms with Gasteiger partial charge in [-0.2, -0.15) is 4.98 Å². The molecule has 21 heteroatoms. The highest BCUT2D eigenvalue weighted by Crippen LogP contribution is 2.51. The molecule has 43 heavy (non-hydrogen) atoms. The van der Waals surface area contributed by atoms with Gasteiger partial charge in [-0.05, 0) is 6.07 Å². The maximum absolute atomic E-state index is 13.2. The summed E-state index contributed by atoms with van der Waals surface area (Å²) in [7, 11) is -4.95. The highest BCUT2D eigenvalue weighted by atomic mass is 31.2. The first kappa shape index (κ1) is 29.5. The monoisotopic (exact) mass is 624 g/mol. The van der Waals surface area contributed by atoms with E-state index >= 15 is 0 Å². The number of nitrogens with one attached hydrogen (secondary N) is 1. The second-order valence-corrected chi connectivity index (χ2v) is 11.4. The van der Waals surface area contributed by atoms with Crippen molar-refractivity contribution in [2.24, 2.45) is 11.7 Å². The van der Waals surface area contributed by atoms with Crippen molar-refractivity contribution >= 4 is 41.8 Å². The number of nitrogen functional groups attached to an aromatic ring is 2. The molecule has 1 unspecified atom stereocenters. The highest BCUT2D eigenvalue weighted by Gasteiger charge is 2.50. The normalized spacial score (nSPS) is 30.8. The zero-order valence-corrected chi connectivity index (χ0v) is 23.0. The number of aromatic nitrogens is 7. The van der Waals surface area contributed by atoms with Crippen LogP contribution in [-0.2, 0) is 23.1 Å². The Kier molecular flexibility index (Phi) is 7.67. The van der Waals surface area contributed by atoms with E-state index in [1.165, 1.54) is 21.8 Å². The number of anilines is 2. The van der Waals surface area contributed by atoms with Gasteiger partial charge in [0.15, 0.2) is 23.6 Å². The van der Waals surface area contributed by atoms with Gasteiger partial charge in [0.1, 0.15) is 42.2 Å². The predicted octanol–water partition coefficient (Wildman–Crippen LogP) is -2.69. The average molecular weight is 625 g/mol. The number of phosphoric ester groups is 1. The maximum Gasteiger partial charge on any atom is 0.472 e. The van der Waals surface area contributed by atoms with Crippen molar-refractivity contribution in [1.29, 1.82) is 0 Å². The number of nitrogens with two attached hydrogens (primary N) is 3. The number of imidazole rings is 1. The fourth-order valence-electron chi connectivity index (χ4n) is 5.37. The lowest BCUT2D eigenvalue weighted by Gasteiger charge is -2.26. The molecule has 4 aromatic heterocycles. The molecule has 11 N–H and O–H groups in total. The summed E-state index contributed by atoms with van der Waals surface area (Å²) in [4.78, 5) is 41.4. The Morgan fingerprint density at radius 3 is 2.58 bits per heavy atom. The third kappa shape index (κ3) is 5.16. The first-order valence-corrected chi connectivity index (χ1v) is 14.5. The van der Waals surface area contributed by atoms with E-state index in [9.17, 15) is 29.6 Å². The lowest BCUT2D eigenvalue weighted by atomic mass is 9.99. The Labute approximate surface area is 240 Å². The van der Waals surface area contributed by atoms with Gasteiger partial charge >= 0.3 is 7.82 Å². The smallest absolute Gasteiger partial charge is 0.394 e. The molecule has 2 aliphatic heterocycles. The number of phosphoric acid groups is 1. The van der Waals surface area contributed by atoms with Crippen molar-refractivity contribution in [3.05, 3.63) is 35.3 Å². The molecule has 232 valence electrons. The predicted molar refractivity (Wildman–Crippen MR) is 145 cm³/mol. The Morgan fingerprint density at radius 1 is 1.07 bits per heavy atom. The molecular formula is C22H29N10O10P. The number of fused-ring (bicyclic) bond motifs is 2. The number of rotatable bonds is 9. The first-order chi connectivity index (χ1) is 20.5. The molecule has 2 saturated heterocycles. The Balaban J connectivity index is 1.20. The van der Waals surface area contributed by atoms with E-state index in [-0.39, 0.29) is 29.5 Å². The molecule has 20 nitrogen and oxygen atoms in total. The quantitative estimate of drug-likeness (QED) is 0.0879. The third-order valence-corrected chi connectivity index (χ3v) is 8.47. The molecule has 0 aliphatic carbocycles. The average Bonchev–Trinajstić information content (AvgIpc) is 3.72. The Bertz CT molecular complexity index is 1750. The number of hydrogen-bond acceptors (Lipinski definition) is 16. The van der Waals surface area contributed by atoms with Crippen molar-refractivity contribution in [3.8, 4) is 0 Å². The van der Waals surface area contributed by atoms with Crippen molar-refractivity contribution in [3.63, 3.8) is 0 Å². The maximum atomic E-state index is 13.2. The molecule has 2 fully saturated rings. The van der Waals surface area contributed by atoms with Gasteiger partial charge in [-0.3, -0.25) is 23.4 Å². The number of aromatic amines is 1. The topological polar surface area (TPSA) is 307 Å². The van der Waals surface area contributed by atoms with E-state index in [1.54, 1.807) is 12.3 Å². The van der Waals surface area contributed by atoms with E-state index in [2.05, 4.69) is 24.9 Å². The fourth-order valence-corrected chi connectivity index (χ4v) is 6.34. The van der Waals surface area contributed by atoms with Gasteiger partial charge in [-0.15, -0.1) is 0 Å². The van der Waals surface area contributed by atoms with Crippen LogP contribution in [0.2, 0.25) is 0 Å². The molecular weight excluding hydrogens is 595 g/mol. The number of H-pyrrole nitrogens is 1. The number of ether oxygens (including phenoxy) is 2. The van der Waals surface area contributed by atoms with Gasteiger partial charge in [-0.25, -0.2) is 19.5 Å². The van der Waals surface area contributed by atoms with Gasteiger partial charge in [0.25, 0.3) is 5.56 Å². The Morgan fingerprint density at radius 2 is 1.84 bits per heavy atom. The Hall–Kier alpha value is -3.56. The summed E-state index contributed by atoms with van der Waals surface area (Å²) < 4.78 is 38.3. The first-order valence-electron chi connectivity index (χ1n) is 13.0. The lowest BCUT2D eigenvalue weighted by Crippen LogP contribution is -2.36. The van der Waals surface area contributed by atoms with Crippen molar-refractivity contribution in [2.75, 3.05) is 31.2 Å². The minimum atomic E-state index is -4.95. The summed E-state index contributed by atoms with van der Waals surface area (Å²) in [6.45, 7) is -1.31. The number of aliphatic hydroxyl groups is 3. The molecule has 0 spiro atoms. The van der Waals surface area contributed by atoms with Crippen LogP contribution in [0.4, 0.5) is 11.8 Å². The van der Waals surface area contributed by atoms with Crippen LogP contribution in [-0.4, -0.2) is 105 Å². The van der Waals surface area contributed by atoms with Gasteiger partial charge < -0.3 is 51.5 Å². The van der Waals surface area contributed by atoms with Crippen molar-refractivity contribution < 1.29 is 43.3 Å². The second-order valence-electron chi connectivity index (χ2n) is 10.0. The minimum Gasteiger partial charge on any atom is -0.394 e. The van der Waals surface area contributed by atoms with Crippen LogP contribution in [0.15, 0.2) is 29.7 Å². The summed E-state index contributed by atoms with van der Waals surface area (Å²) in [5.74, 6) is -0.815. The standard InChI is InChI=1S/C22H29N10O10P/c23-3-9-10(4-33)40-21(32-7-28-12-18(32)29-22(25)30-19(12)36)15(9)42-43(37,38)39-5-11-13(34)14(35)20(41-11)31-2-1-8-16(24)26-6-27-17(8)31/h1-2,6-7,9-11,13-15,20-21,33-35H,3-5,23H2,(H,37,38)(H2,24,26,27)(H3,25,29,30,36)/t9-,10-,11-,13-,14-,15-,20-,21-/m1/s1. The molecule has 0 saturated carbocycles. The van der Waals surface area contributed by atoms with Crippen molar-refractivity contribution in [2.45, 2.75) is 43.0 Å². The van der Waals surface area contributed by atoms with Gasteiger partial charge in [0.05, 0.1) is 31.0 Å². The van der Waals surface area contributed by atoms with Crippen LogP contribution < -0.4 is 22.8 Å². The van der Waals surface area contributed by atoms with Crippen LogP contribution >= 0.6 is 7.82 Å². The molecule has 2 aliphatic rings. The lowest BCUT2D eigenvalue weighted by molar-refractivity contribution is -0.0614. The molecule has 9 atom stereocenters. The van der Waals surface area contributed by atoms with Crippen LogP contribution in [0.1, 0.15) is 12.5 Å². The van der Waals surface area contributed by atoms with E-state index in [1.807, 2.05) is 0 Å². The molecule has 0 bridgehead atoms. The molecule has 6 heterocycles. The largest absolute Gasteiger partial charge is 0.472 e. The molecule has 0 radical (unpaired) electrons. The van der Waals surface area contributed by atoms with E-state index in [0.717, 1.165) is 0 Å². The summed E-state index contributed by atoms with van der Waals surface area (Å²) in [5, 5.41) is 31.7. The molecule has 0 amide bonds. The van der Waals surface area contributed by atoms with Crippen molar-refractivity contribution in [1.82, 2.24) is 34.1 Å². The third-order valence-electron chi connectivity index (χ3n) is 7.48. The van der Waals surface area contributed by atoms with Gasteiger partial charge in [0, 0.05) is 18.7 Å². The van der Waals surface area contributed by atoms with Crippen LogP contribution in [0.25, 0.3) is 22.2 Å². The highest BCUT2D eigenvalue weighted by molar-refractivity contribution is 7.47. The summed E-state index contributed by atoms with van der Waals surface area (Å²) in [6.07, 6.45) is -4.86. The zero-order valence-electron chi connectivity index (χ0n) is 22.2. The summed E-state index contributed by atoms with van der Waals surface area (Å²) >= 11 is 0. The van der Waals surface area contributed by atoms with Crippen LogP contribution in [0.3, 0.4) is 0 Å². The number of hydrogen-bond donors (Lipinski definition) is 8.